The lowest BCUT2D eigenvalue weighted by molar-refractivity contribution is 0.139. The molecule has 1 aromatic heterocycles. The lowest BCUT2D eigenvalue weighted by Crippen LogP contribution is -2.57. The van der Waals surface area contributed by atoms with E-state index in [4.69, 9.17) is 0 Å². The first kappa shape index (κ1) is 11.9. The third-order valence-corrected chi connectivity index (χ3v) is 3.81. The van der Waals surface area contributed by atoms with Gasteiger partial charge in [0, 0.05) is 35.8 Å². The van der Waals surface area contributed by atoms with Crippen molar-refractivity contribution in [2.24, 2.45) is 0 Å². The quantitative estimate of drug-likeness (QED) is 0.789. The molecule has 1 fully saturated rings. The van der Waals surface area contributed by atoms with E-state index in [0.29, 0.717) is 0 Å². The van der Waals surface area contributed by atoms with Gasteiger partial charge in [-0.25, -0.2) is 0 Å². The molecule has 16 heavy (non-hydrogen) atoms. The van der Waals surface area contributed by atoms with Gasteiger partial charge < -0.3 is 4.90 Å². The van der Waals surface area contributed by atoms with Gasteiger partial charge in [-0.2, -0.15) is 0 Å². The maximum atomic E-state index is 4.22. The fourth-order valence-corrected chi connectivity index (χ4v) is 2.39. The van der Waals surface area contributed by atoms with Gasteiger partial charge in [0.05, 0.1) is 11.9 Å². The van der Waals surface area contributed by atoms with Gasteiger partial charge in [-0.05, 0) is 42.9 Å². The van der Waals surface area contributed by atoms with Crippen molar-refractivity contribution in [2.75, 3.05) is 31.6 Å². The van der Waals surface area contributed by atoms with Gasteiger partial charge in [0.1, 0.15) is 0 Å². The molecule has 3 nitrogen and oxygen atoms in total. The molecule has 88 valence electrons. The summed E-state index contributed by atoms with van der Waals surface area (Å²) in [6, 6.07) is 2.13. The van der Waals surface area contributed by atoms with Gasteiger partial charge in [0.15, 0.2) is 0 Å². The Hall–Kier alpha value is -0.610. The summed E-state index contributed by atoms with van der Waals surface area (Å²) in [7, 11) is 2.19. The number of nitrogens with zero attached hydrogens (tertiary/aromatic N) is 3. The molecule has 2 rings (SSSR count). The Balaban J connectivity index is 2.18. The first-order valence-electron chi connectivity index (χ1n) is 5.56. The minimum Gasteiger partial charge on any atom is -0.367 e. The molecule has 1 aromatic rings. The molecular weight excluding hydrogens is 266 g/mol. The third kappa shape index (κ3) is 2.38. The van der Waals surface area contributed by atoms with Crippen LogP contribution in [0.25, 0.3) is 0 Å². The molecule has 0 radical (unpaired) electrons. The zero-order valence-corrected chi connectivity index (χ0v) is 11.7. The number of likely N-dealkylation sites (N-methyl/N-ethyl adjacent to an activating group) is 1. The Bertz CT molecular complexity index is 378. The van der Waals surface area contributed by atoms with Crippen molar-refractivity contribution in [3.05, 3.63) is 22.9 Å². The number of halogens is 1. The van der Waals surface area contributed by atoms with Crippen molar-refractivity contribution in [1.29, 1.82) is 0 Å². The average Bonchev–Trinajstić information content (AvgIpc) is 2.22. The predicted octanol–water partition coefficient (Wildman–Crippen LogP) is 2.37. The van der Waals surface area contributed by atoms with E-state index in [1.807, 2.05) is 12.4 Å². The van der Waals surface area contributed by atoms with E-state index in [1.54, 1.807) is 0 Å². The van der Waals surface area contributed by atoms with Crippen molar-refractivity contribution in [2.45, 2.75) is 19.4 Å². The van der Waals surface area contributed by atoms with E-state index in [1.165, 1.54) is 5.69 Å². The predicted molar refractivity (Wildman–Crippen MR) is 70.9 cm³/mol. The van der Waals surface area contributed by atoms with Crippen LogP contribution in [0.5, 0.6) is 0 Å². The zero-order valence-electron chi connectivity index (χ0n) is 10.1. The van der Waals surface area contributed by atoms with E-state index in [2.05, 4.69) is 57.7 Å². The Morgan fingerprint density at radius 3 is 2.69 bits per heavy atom. The molecule has 0 spiro atoms. The molecule has 0 N–H and O–H groups in total. The smallest absolute Gasteiger partial charge is 0.0565 e. The summed E-state index contributed by atoms with van der Waals surface area (Å²) in [6.07, 6.45) is 3.76. The highest BCUT2D eigenvalue weighted by molar-refractivity contribution is 9.10. The third-order valence-electron chi connectivity index (χ3n) is 3.37. The molecule has 0 amide bonds. The number of hydrogen-bond acceptors (Lipinski definition) is 3. The summed E-state index contributed by atoms with van der Waals surface area (Å²) < 4.78 is 1.04. The number of rotatable bonds is 1. The van der Waals surface area contributed by atoms with Crippen LogP contribution in [0.1, 0.15) is 13.8 Å². The molecule has 4 heteroatoms. The number of pyridine rings is 1. The van der Waals surface area contributed by atoms with Crippen LogP contribution in [0.3, 0.4) is 0 Å². The Labute approximate surface area is 106 Å². The van der Waals surface area contributed by atoms with Crippen LogP contribution in [0.15, 0.2) is 22.9 Å². The zero-order chi connectivity index (χ0) is 11.8. The van der Waals surface area contributed by atoms with Crippen LogP contribution in [0.4, 0.5) is 5.69 Å². The van der Waals surface area contributed by atoms with Crippen molar-refractivity contribution in [3.63, 3.8) is 0 Å². The lowest BCUT2D eigenvalue weighted by atomic mass is 9.99. The molecule has 0 aliphatic carbocycles. The molecule has 0 saturated carbocycles. The van der Waals surface area contributed by atoms with Crippen LogP contribution >= 0.6 is 15.9 Å². The van der Waals surface area contributed by atoms with Gasteiger partial charge in [-0.15, -0.1) is 0 Å². The van der Waals surface area contributed by atoms with E-state index in [-0.39, 0.29) is 5.54 Å². The summed E-state index contributed by atoms with van der Waals surface area (Å²) >= 11 is 3.47. The SMILES string of the molecule is CN1CCN(c2cncc(Br)c2)CC1(C)C. The van der Waals surface area contributed by atoms with Crippen molar-refractivity contribution < 1.29 is 0 Å². The fraction of sp³-hybridized carbons (Fsp3) is 0.583. The van der Waals surface area contributed by atoms with E-state index >= 15 is 0 Å². The molecule has 0 unspecified atom stereocenters. The highest BCUT2D eigenvalue weighted by Gasteiger charge is 2.31. The second kappa shape index (κ2) is 4.34. The van der Waals surface area contributed by atoms with Crippen molar-refractivity contribution >= 4 is 21.6 Å². The molecule has 0 bridgehead atoms. The van der Waals surface area contributed by atoms with Gasteiger partial charge in [0.2, 0.25) is 0 Å². The van der Waals surface area contributed by atoms with Gasteiger partial charge >= 0.3 is 0 Å². The number of aromatic nitrogens is 1. The summed E-state index contributed by atoms with van der Waals surface area (Å²) in [5.41, 5.74) is 1.43. The fourth-order valence-electron chi connectivity index (χ4n) is 2.03. The van der Waals surface area contributed by atoms with E-state index < -0.39 is 0 Å². The second-order valence-corrected chi connectivity index (χ2v) is 5.93. The Kier molecular flexibility index (Phi) is 3.22. The van der Waals surface area contributed by atoms with E-state index in [9.17, 15) is 0 Å². The Morgan fingerprint density at radius 1 is 1.31 bits per heavy atom. The summed E-state index contributed by atoms with van der Waals surface area (Å²) in [6.45, 7) is 7.77. The van der Waals surface area contributed by atoms with Gasteiger partial charge in [0.25, 0.3) is 0 Å². The largest absolute Gasteiger partial charge is 0.367 e. The maximum absolute atomic E-state index is 4.22. The van der Waals surface area contributed by atoms with Gasteiger partial charge in [-0.3, -0.25) is 9.88 Å². The van der Waals surface area contributed by atoms with Crippen molar-refractivity contribution in [1.82, 2.24) is 9.88 Å². The first-order chi connectivity index (χ1) is 7.49. The van der Waals surface area contributed by atoms with Gasteiger partial charge in [-0.1, -0.05) is 0 Å². The first-order valence-corrected chi connectivity index (χ1v) is 6.35. The maximum Gasteiger partial charge on any atom is 0.0565 e. The molecular formula is C12H18BrN3. The lowest BCUT2D eigenvalue weighted by Gasteiger charge is -2.46. The molecule has 1 aliphatic heterocycles. The molecule has 2 heterocycles. The van der Waals surface area contributed by atoms with Crippen LogP contribution in [-0.4, -0.2) is 42.1 Å². The van der Waals surface area contributed by atoms with Crippen molar-refractivity contribution in [3.8, 4) is 0 Å². The van der Waals surface area contributed by atoms with E-state index in [0.717, 1.165) is 24.1 Å². The summed E-state index contributed by atoms with van der Waals surface area (Å²) in [4.78, 5) is 9.04. The van der Waals surface area contributed by atoms with Crippen LogP contribution < -0.4 is 4.90 Å². The highest BCUT2D eigenvalue weighted by atomic mass is 79.9. The molecule has 1 aliphatic rings. The second-order valence-electron chi connectivity index (χ2n) is 5.02. The minimum absolute atomic E-state index is 0.223. The monoisotopic (exact) mass is 283 g/mol. The summed E-state index contributed by atoms with van der Waals surface area (Å²) in [5.74, 6) is 0. The standard InChI is InChI=1S/C12H18BrN3/c1-12(2)9-16(5-4-15(12)3)11-6-10(13)7-14-8-11/h6-8H,4-5,9H2,1-3H3. The molecule has 0 atom stereocenters. The van der Waals surface area contributed by atoms with Crippen LogP contribution in [0, 0.1) is 0 Å². The van der Waals surface area contributed by atoms with Crippen LogP contribution in [0.2, 0.25) is 0 Å². The number of piperazine rings is 1. The number of hydrogen-bond donors (Lipinski definition) is 0. The Morgan fingerprint density at radius 2 is 2.06 bits per heavy atom. The highest BCUT2D eigenvalue weighted by Crippen LogP contribution is 2.25. The average molecular weight is 284 g/mol. The molecule has 0 aromatic carbocycles. The minimum atomic E-state index is 0.223. The van der Waals surface area contributed by atoms with Crippen LogP contribution in [-0.2, 0) is 0 Å². The summed E-state index contributed by atoms with van der Waals surface area (Å²) in [5, 5.41) is 0. The number of anilines is 1. The normalized spacial score (nSPS) is 21.1. The topological polar surface area (TPSA) is 19.4 Å². The molecule has 1 saturated heterocycles.